The maximum atomic E-state index is 13.9. The Hall–Kier alpha value is -3.35. The third kappa shape index (κ3) is 4.30. The van der Waals surface area contributed by atoms with Gasteiger partial charge in [0, 0.05) is 24.5 Å². The number of aliphatic hydroxyl groups excluding tert-OH is 1. The molecule has 12 heteroatoms. The van der Waals surface area contributed by atoms with Crippen LogP contribution >= 0.6 is 15.9 Å². The highest BCUT2D eigenvalue weighted by molar-refractivity contribution is 9.09. The predicted octanol–water partition coefficient (Wildman–Crippen LogP) is 0.952. The van der Waals surface area contributed by atoms with E-state index in [2.05, 4.69) is 36.9 Å². The van der Waals surface area contributed by atoms with Crippen LogP contribution in [-0.2, 0) is 32.3 Å². The van der Waals surface area contributed by atoms with Gasteiger partial charge in [0.25, 0.3) is 0 Å². The average Bonchev–Trinajstić information content (AvgIpc) is 3.67. The molecule has 39 heavy (non-hydrogen) atoms. The second-order valence-electron chi connectivity index (χ2n) is 10.3. The molecule has 1 spiro atoms. The Balaban J connectivity index is 1.26. The maximum absolute atomic E-state index is 13.9. The number of carbonyl (C=O) groups excluding carboxylic acids is 3. The van der Waals surface area contributed by atoms with E-state index in [1.54, 1.807) is 4.68 Å². The Morgan fingerprint density at radius 2 is 1.87 bits per heavy atom. The van der Waals surface area contributed by atoms with Crippen LogP contribution in [0.1, 0.15) is 18.4 Å². The number of halogens is 1. The van der Waals surface area contributed by atoms with Crippen LogP contribution in [0.3, 0.4) is 0 Å². The van der Waals surface area contributed by atoms with E-state index < -0.39 is 35.5 Å². The highest BCUT2D eigenvalue weighted by Crippen LogP contribution is 2.60. The number of hydrogen-bond acceptors (Lipinski definition) is 7. The third-order valence-corrected chi connectivity index (χ3v) is 8.88. The van der Waals surface area contributed by atoms with Crippen molar-refractivity contribution in [2.24, 2.45) is 11.8 Å². The van der Waals surface area contributed by atoms with Crippen LogP contribution in [0.5, 0.6) is 0 Å². The predicted molar refractivity (Wildman–Crippen MR) is 143 cm³/mol. The van der Waals surface area contributed by atoms with Gasteiger partial charge >= 0.3 is 0 Å². The Morgan fingerprint density at radius 1 is 1.10 bits per heavy atom. The zero-order valence-corrected chi connectivity index (χ0v) is 22.7. The van der Waals surface area contributed by atoms with Gasteiger partial charge in [-0.25, -0.2) is 4.68 Å². The lowest BCUT2D eigenvalue weighted by Crippen LogP contribution is -2.56. The van der Waals surface area contributed by atoms with E-state index in [-0.39, 0.29) is 36.5 Å². The van der Waals surface area contributed by atoms with E-state index in [0.29, 0.717) is 24.9 Å². The van der Waals surface area contributed by atoms with Crippen molar-refractivity contribution in [1.29, 1.82) is 0 Å². The molecule has 2 bridgehead atoms. The van der Waals surface area contributed by atoms with Crippen molar-refractivity contribution in [3.05, 3.63) is 60.2 Å². The van der Waals surface area contributed by atoms with Crippen molar-refractivity contribution in [2.75, 3.05) is 13.2 Å². The van der Waals surface area contributed by atoms with Crippen molar-refractivity contribution in [3.8, 4) is 0 Å². The van der Waals surface area contributed by atoms with E-state index in [4.69, 9.17) is 4.74 Å². The topological polar surface area (TPSA) is 139 Å². The SMILES string of the molecule is O=C(NCn1nnc2ccccc21)C1N(CCCO)C(=O)[C@@H]2[C@H](C(=O)NCc3ccccc3)[C@H]3OC12CC3Br. The lowest BCUT2D eigenvalue weighted by Gasteiger charge is -2.34. The van der Waals surface area contributed by atoms with Crippen molar-refractivity contribution >= 4 is 44.7 Å². The number of benzene rings is 2. The van der Waals surface area contributed by atoms with Crippen molar-refractivity contribution < 1.29 is 24.2 Å². The number of hydrogen-bond donors (Lipinski definition) is 3. The van der Waals surface area contributed by atoms with Crippen LogP contribution < -0.4 is 10.6 Å². The minimum absolute atomic E-state index is 0.0563. The summed E-state index contributed by atoms with van der Waals surface area (Å²) in [5.74, 6) is -2.50. The molecule has 3 fully saturated rings. The number of rotatable bonds is 9. The molecular formula is C27H29BrN6O5. The molecule has 6 atom stereocenters. The Morgan fingerprint density at radius 3 is 2.67 bits per heavy atom. The van der Waals surface area contributed by atoms with Gasteiger partial charge < -0.3 is 25.4 Å². The summed E-state index contributed by atoms with van der Waals surface area (Å²) in [5, 5.41) is 23.6. The molecule has 0 aliphatic carbocycles. The molecule has 3 saturated heterocycles. The first-order chi connectivity index (χ1) is 18.9. The quantitative estimate of drug-likeness (QED) is 0.313. The van der Waals surface area contributed by atoms with Crippen LogP contribution in [0.4, 0.5) is 0 Å². The van der Waals surface area contributed by atoms with Crippen molar-refractivity contribution in [3.63, 3.8) is 0 Å². The fourth-order valence-corrected chi connectivity index (χ4v) is 7.34. The van der Waals surface area contributed by atoms with E-state index in [0.717, 1.165) is 11.1 Å². The van der Waals surface area contributed by atoms with E-state index in [1.165, 1.54) is 4.90 Å². The summed E-state index contributed by atoms with van der Waals surface area (Å²) < 4.78 is 8.06. The van der Waals surface area contributed by atoms with Gasteiger partial charge in [-0.2, -0.15) is 0 Å². The van der Waals surface area contributed by atoms with Crippen molar-refractivity contribution in [1.82, 2.24) is 30.5 Å². The monoisotopic (exact) mass is 596 g/mol. The van der Waals surface area contributed by atoms with E-state index in [1.807, 2.05) is 54.6 Å². The third-order valence-electron chi connectivity index (χ3n) is 8.03. The zero-order valence-electron chi connectivity index (χ0n) is 21.1. The Kier molecular flexibility index (Phi) is 6.86. The lowest BCUT2D eigenvalue weighted by molar-refractivity contribution is -0.142. The minimum atomic E-state index is -1.16. The highest BCUT2D eigenvalue weighted by atomic mass is 79.9. The van der Waals surface area contributed by atoms with Crippen LogP contribution in [-0.4, -0.2) is 78.4 Å². The number of likely N-dealkylation sites (tertiary alicyclic amines) is 1. The van der Waals surface area contributed by atoms with Gasteiger partial charge in [-0.05, 0) is 30.5 Å². The normalized spacial score (nSPS) is 29.1. The molecule has 204 valence electrons. The molecule has 3 aliphatic rings. The molecule has 3 N–H and O–H groups in total. The number of nitrogens with one attached hydrogen (secondary N) is 2. The lowest BCUT2D eigenvalue weighted by atomic mass is 9.70. The fourth-order valence-electron chi connectivity index (χ4n) is 6.40. The summed E-state index contributed by atoms with van der Waals surface area (Å²) >= 11 is 3.67. The fraction of sp³-hybridized carbons (Fsp3) is 0.444. The molecule has 1 aromatic heterocycles. The molecule has 3 aromatic rings. The smallest absolute Gasteiger partial charge is 0.247 e. The highest BCUT2D eigenvalue weighted by Gasteiger charge is 2.76. The van der Waals surface area contributed by atoms with Gasteiger partial charge in [0.1, 0.15) is 23.8 Å². The van der Waals surface area contributed by atoms with Crippen LogP contribution in [0.25, 0.3) is 11.0 Å². The van der Waals surface area contributed by atoms with Gasteiger partial charge in [0.05, 0.1) is 23.5 Å². The first kappa shape index (κ1) is 25.9. The molecule has 11 nitrogen and oxygen atoms in total. The molecule has 3 amide bonds. The molecule has 3 unspecified atom stereocenters. The van der Waals surface area contributed by atoms with Gasteiger partial charge in [-0.1, -0.05) is 63.6 Å². The number of aliphatic hydroxyl groups is 1. The maximum Gasteiger partial charge on any atom is 0.247 e. The second-order valence-corrected chi connectivity index (χ2v) is 11.4. The number of fused-ring (bicyclic) bond motifs is 2. The number of aromatic nitrogens is 3. The number of alkyl halides is 1. The molecule has 4 heterocycles. The average molecular weight is 597 g/mol. The second kappa shape index (κ2) is 10.3. The van der Waals surface area contributed by atoms with Gasteiger partial charge in [-0.15, -0.1) is 5.10 Å². The summed E-state index contributed by atoms with van der Waals surface area (Å²) in [6.07, 6.45) is 0.179. The largest absolute Gasteiger partial charge is 0.396 e. The summed E-state index contributed by atoms with van der Waals surface area (Å²) in [4.78, 5) is 42.4. The first-order valence-corrected chi connectivity index (χ1v) is 14.0. The molecular weight excluding hydrogens is 568 g/mol. The summed E-state index contributed by atoms with van der Waals surface area (Å²) in [5.41, 5.74) is 1.26. The first-order valence-electron chi connectivity index (χ1n) is 13.1. The summed E-state index contributed by atoms with van der Waals surface area (Å²) in [6, 6.07) is 16.0. The molecule has 2 aromatic carbocycles. The van der Waals surface area contributed by atoms with Gasteiger partial charge in [-0.3, -0.25) is 14.4 Å². The van der Waals surface area contributed by atoms with Crippen LogP contribution in [0.15, 0.2) is 54.6 Å². The molecule has 3 aliphatic heterocycles. The zero-order chi connectivity index (χ0) is 27.1. The number of amides is 3. The molecule has 6 rings (SSSR count). The molecule has 0 radical (unpaired) electrons. The standard InChI is InChI=1S/C27H29BrN6O5/c28-17-13-27-21(20(22(17)39-27)24(36)29-14-16-7-2-1-3-8-16)26(38)33(11-6-12-35)23(27)25(37)30-15-34-19-10-5-4-9-18(19)31-32-34/h1-5,7-10,17,20-23,35H,6,11-15H2,(H,29,36)(H,30,37)/t17?,20-,21-,22-,23?,27?/m0/s1. The van der Waals surface area contributed by atoms with Crippen molar-refractivity contribution in [2.45, 2.75) is 48.6 Å². The summed E-state index contributed by atoms with van der Waals surface area (Å²) in [6.45, 7) is 0.429. The summed E-state index contributed by atoms with van der Waals surface area (Å²) in [7, 11) is 0. The number of carbonyl (C=O) groups is 3. The van der Waals surface area contributed by atoms with Crippen LogP contribution in [0.2, 0.25) is 0 Å². The van der Waals surface area contributed by atoms with Gasteiger partial charge in [0.2, 0.25) is 17.7 Å². The molecule has 0 saturated carbocycles. The Bertz CT molecular complexity index is 1400. The number of nitrogens with zero attached hydrogens (tertiary/aromatic N) is 4. The number of ether oxygens (including phenoxy) is 1. The minimum Gasteiger partial charge on any atom is -0.396 e. The van der Waals surface area contributed by atoms with Crippen LogP contribution in [0, 0.1) is 11.8 Å². The van der Waals surface area contributed by atoms with E-state index in [9.17, 15) is 19.5 Å². The van der Waals surface area contributed by atoms with E-state index >= 15 is 0 Å². The number of para-hydroxylation sites is 1. The Labute approximate surface area is 233 Å². The van der Waals surface area contributed by atoms with Gasteiger partial charge in [0.15, 0.2) is 0 Å².